The molecule has 0 spiro atoms. The van der Waals surface area contributed by atoms with Crippen molar-refractivity contribution >= 4 is 11.5 Å². The summed E-state index contributed by atoms with van der Waals surface area (Å²) in [7, 11) is 0. The Morgan fingerprint density at radius 2 is 2.18 bits per heavy atom. The van der Waals surface area contributed by atoms with Crippen molar-refractivity contribution in [3.8, 4) is 6.07 Å². The van der Waals surface area contributed by atoms with E-state index in [1.807, 2.05) is 24.3 Å². The molecule has 1 aromatic heterocycles. The van der Waals surface area contributed by atoms with E-state index in [0.717, 1.165) is 11.4 Å². The monoisotopic (exact) mass is 224 g/mol. The molecule has 2 aromatic rings. The molecular formula is C13H12N4. The van der Waals surface area contributed by atoms with Gasteiger partial charge in [0.1, 0.15) is 5.82 Å². The first-order chi connectivity index (χ1) is 8.28. The van der Waals surface area contributed by atoms with Gasteiger partial charge in [-0.2, -0.15) is 5.26 Å². The van der Waals surface area contributed by atoms with Crippen LogP contribution in [0.25, 0.3) is 0 Å². The molecule has 0 aliphatic carbocycles. The molecule has 4 heteroatoms. The van der Waals surface area contributed by atoms with Crippen LogP contribution in [0.3, 0.4) is 0 Å². The van der Waals surface area contributed by atoms with Crippen LogP contribution in [0.15, 0.2) is 42.6 Å². The van der Waals surface area contributed by atoms with Crippen LogP contribution in [-0.2, 0) is 6.54 Å². The van der Waals surface area contributed by atoms with E-state index in [2.05, 4.69) is 16.4 Å². The van der Waals surface area contributed by atoms with Crippen molar-refractivity contribution in [1.82, 2.24) is 4.98 Å². The minimum atomic E-state index is 0.631. The molecule has 0 saturated carbocycles. The number of rotatable bonds is 3. The Morgan fingerprint density at radius 1 is 1.29 bits per heavy atom. The fourth-order valence-electron chi connectivity index (χ4n) is 1.45. The molecule has 0 radical (unpaired) electrons. The van der Waals surface area contributed by atoms with Crippen LogP contribution in [0.1, 0.15) is 11.1 Å². The van der Waals surface area contributed by atoms with E-state index in [-0.39, 0.29) is 0 Å². The van der Waals surface area contributed by atoms with Crippen molar-refractivity contribution in [3.63, 3.8) is 0 Å². The molecule has 0 bridgehead atoms. The van der Waals surface area contributed by atoms with Gasteiger partial charge in [0.05, 0.1) is 23.5 Å². The number of nitrogens with two attached hydrogens (primary N) is 1. The summed E-state index contributed by atoms with van der Waals surface area (Å²) in [5, 5.41) is 11.9. The first-order valence-electron chi connectivity index (χ1n) is 5.22. The summed E-state index contributed by atoms with van der Waals surface area (Å²) in [5.41, 5.74) is 7.89. The lowest BCUT2D eigenvalue weighted by molar-refractivity contribution is 1.11. The van der Waals surface area contributed by atoms with Gasteiger partial charge in [-0.05, 0) is 29.8 Å². The number of nitrogens with one attached hydrogen (secondary N) is 1. The van der Waals surface area contributed by atoms with Crippen LogP contribution in [0, 0.1) is 11.3 Å². The van der Waals surface area contributed by atoms with Crippen molar-refractivity contribution in [3.05, 3.63) is 53.7 Å². The Labute approximate surface area is 99.7 Å². The second kappa shape index (κ2) is 4.99. The molecule has 84 valence electrons. The van der Waals surface area contributed by atoms with E-state index in [1.165, 1.54) is 0 Å². The SMILES string of the molecule is N#Cc1cccc(CNc2ccc(N)cn2)c1. The summed E-state index contributed by atoms with van der Waals surface area (Å²) in [6.45, 7) is 0.631. The average Bonchev–Trinajstić information content (AvgIpc) is 2.38. The predicted octanol–water partition coefficient (Wildman–Crippen LogP) is 2.15. The van der Waals surface area contributed by atoms with Crippen LogP contribution in [0.4, 0.5) is 11.5 Å². The highest BCUT2D eigenvalue weighted by Gasteiger charge is 1.96. The molecule has 0 atom stereocenters. The van der Waals surface area contributed by atoms with Crippen LogP contribution < -0.4 is 11.1 Å². The third-order valence-corrected chi connectivity index (χ3v) is 2.32. The van der Waals surface area contributed by atoms with Crippen LogP contribution in [0.5, 0.6) is 0 Å². The summed E-state index contributed by atoms with van der Waals surface area (Å²) in [4.78, 5) is 4.13. The molecule has 2 rings (SSSR count). The fourth-order valence-corrected chi connectivity index (χ4v) is 1.45. The number of aromatic nitrogens is 1. The lowest BCUT2D eigenvalue weighted by Crippen LogP contribution is -2.01. The van der Waals surface area contributed by atoms with E-state index in [9.17, 15) is 0 Å². The molecule has 0 amide bonds. The molecule has 0 unspecified atom stereocenters. The standard InChI is InChI=1S/C13H12N4/c14-7-10-2-1-3-11(6-10)8-16-13-5-4-12(15)9-17-13/h1-6,9H,8,15H2,(H,16,17). The zero-order valence-electron chi connectivity index (χ0n) is 9.22. The van der Waals surface area contributed by atoms with E-state index < -0.39 is 0 Å². The second-order valence-electron chi connectivity index (χ2n) is 3.64. The molecule has 0 aliphatic heterocycles. The number of nitrogen functional groups attached to an aromatic ring is 1. The minimum Gasteiger partial charge on any atom is -0.397 e. The molecule has 1 aromatic carbocycles. The van der Waals surface area contributed by atoms with Gasteiger partial charge in [-0.25, -0.2) is 4.98 Å². The van der Waals surface area contributed by atoms with E-state index in [0.29, 0.717) is 17.8 Å². The smallest absolute Gasteiger partial charge is 0.126 e. The average molecular weight is 224 g/mol. The fraction of sp³-hybridized carbons (Fsp3) is 0.0769. The normalized spacial score (nSPS) is 9.59. The van der Waals surface area contributed by atoms with Crippen molar-refractivity contribution in [2.75, 3.05) is 11.1 Å². The molecular weight excluding hydrogens is 212 g/mol. The lowest BCUT2D eigenvalue weighted by Gasteiger charge is -2.05. The number of pyridine rings is 1. The summed E-state index contributed by atoms with van der Waals surface area (Å²) in [6.07, 6.45) is 1.61. The highest BCUT2D eigenvalue weighted by atomic mass is 15.0. The Hall–Kier alpha value is -2.54. The maximum absolute atomic E-state index is 8.78. The Morgan fingerprint density at radius 3 is 2.88 bits per heavy atom. The molecule has 0 fully saturated rings. The number of benzene rings is 1. The van der Waals surface area contributed by atoms with E-state index in [4.69, 9.17) is 11.0 Å². The van der Waals surface area contributed by atoms with Crippen molar-refractivity contribution in [2.24, 2.45) is 0 Å². The van der Waals surface area contributed by atoms with E-state index in [1.54, 1.807) is 18.3 Å². The molecule has 4 nitrogen and oxygen atoms in total. The second-order valence-corrected chi connectivity index (χ2v) is 3.64. The highest BCUT2D eigenvalue weighted by Crippen LogP contribution is 2.09. The van der Waals surface area contributed by atoms with Crippen LogP contribution in [-0.4, -0.2) is 4.98 Å². The number of hydrogen-bond acceptors (Lipinski definition) is 4. The third-order valence-electron chi connectivity index (χ3n) is 2.32. The van der Waals surface area contributed by atoms with Gasteiger partial charge in [0.15, 0.2) is 0 Å². The quantitative estimate of drug-likeness (QED) is 0.837. The first kappa shape index (κ1) is 11.0. The Bertz CT molecular complexity index is 540. The van der Waals surface area contributed by atoms with Gasteiger partial charge < -0.3 is 11.1 Å². The van der Waals surface area contributed by atoms with Crippen molar-refractivity contribution < 1.29 is 0 Å². The summed E-state index contributed by atoms with van der Waals surface area (Å²) >= 11 is 0. The number of anilines is 2. The molecule has 1 heterocycles. The summed E-state index contributed by atoms with van der Waals surface area (Å²) in [5.74, 6) is 0.765. The Kier molecular flexibility index (Phi) is 3.22. The maximum Gasteiger partial charge on any atom is 0.126 e. The molecule has 0 saturated heterocycles. The van der Waals surface area contributed by atoms with Crippen LogP contribution in [0.2, 0.25) is 0 Å². The zero-order chi connectivity index (χ0) is 12.1. The molecule has 3 N–H and O–H groups in total. The van der Waals surface area contributed by atoms with Gasteiger partial charge in [-0.15, -0.1) is 0 Å². The largest absolute Gasteiger partial charge is 0.397 e. The van der Waals surface area contributed by atoms with Crippen LogP contribution >= 0.6 is 0 Å². The third kappa shape index (κ3) is 2.95. The molecule has 17 heavy (non-hydrogen) atoms. The van der Waals surface area contributed by atoms with Gasteiger partial charge in [-0.3, -0.25) is 0 Å². The summed E-state index contributed by atoms with van der Waals surface area (Å²) in [6, 6.07) is 13.2. The van der Waals surface area contributed by atoms with Gasteiger partial charge in [0.25, 0.3) is 0 Å². The predicted molar refractivity (Wildman–Crippen MR) is 67.1 cm³/mol. The number of nitrogens with zero attached hydrogens (tertiary/aromatic N) is 2. The van der Waals surface area contributed by atoms with E-state index >= 15 is 0 Å². The summed E-state index contributed by atoms with van der Waals surface area (Å²) < 4.78 is 0. The highest BCUT2D eigenvalue weighted by molar-refractivity contribution is 5.44. The lowest BCUT2D eigenvalue weighted by atomic mass is 10.1. The molecule has 0 aliphatic rings. The van der Waals surface area contributed by atoms with Crippen molar-refractivity contribution in [2.45, 2.75) is 6.54 Å². The van der Waals surface area contributed by atoms with Gasteiger partial charge in [0, 0.05) is 6.54 Å². The Balaban J connectivity index is 2.02. The minimum absolute atomic E-state index is 0.631. The van der Waals surface area contributed by atoms with Crippen molar-refractivity contribution in [1.29, 1.82) is 5.26 Å². The first-order valence-corrected chi connectivity index (χ1v) is 5.22. The number of nitriles is 1. The van der Waals surface area contributed by atoms with Gasteiger partial charge in [-0.1, -0.05) is 12.1 Å². The zero-order valence-corrected chi connectivity index (χ0v) is 9.22. The number of hydrogen-bond donors (Lipinski definition) is 2. The topological polar surface area (TPSA) is 74.7 Å². The van der Waals surface area contributed by atoms with Gasteiger partial charge in [0.2, 0.25) is 0 Å². The van der Waals surface area contributed by atoms with Gasteiger partial charge >= 0.3 is 0 Å². The maximum atomic E-state index is 8.78.